The van der Waals surface area contributed by atoms with Crippen molar-refractivity contribution in [3.63, 3.8) is 0 Å². The summed E-state index contributed by atoms with van der Waals surface area (Å²) >= 11 is 5.76. The number of rotatable bonds is 10. The van der Waals surface area contributed by atoms with Gasteiger partial charge in [-0.05, 0) is 32.9 Å². The van der Waals surface area contributed by atoms with Crippen LogP contribution in [0.2, 0.25) is 0 Å². The Morgan fingerprint density at radius 1 is 1.22 bits per heavy atom. The predicted molar refractivity (Wildman–Crippen MR) is 143 cm³/mol. The van der Waals surface area contributed by atoms with Gasteiger partial charge in [-0.3, -0.25) is 19.0 Å². The molecule has 0 spiro atoms. The average molecular weight is 549 g/mol. The number of pyridine rings is 1. The maximum absolute atomic E-state index is 13.3. The Morgan fingerprint density at radius 3 is 2.22 bits per heavy atom. The zero-order valence-corrected chi connectivity index (χ0v) is 23.7. The largest absolute Gasteiger partial charge is 0.392 e. The molecule has 1 N–H and O–H groups in total. The lowest BCUT2D eigenvalue weighted by Gasteiger charge is -2.23. The topological polar surface area (TPSA) is 83.8 Å². The van der Waals surface area contributed by atoms with Gasteiger partial charge in [0.25, 0.3) is 0 Å². The second-order valence-corrected chi connectivity index (χ2v) is 10.0. The summed E-state index contributed by atoms with van der Waals surface area (Å²) in [5, 5.41) is 2.87. The number of aliphatic imine (C=N–C) groups is 2. The van der Waals surface area contributed by atoms with Crippen molar-refractivity contribution in [2.45, 2.75) is 73.0 Å². The zero-order valence-electron chi connectivity index (χ0n) is 22.1. The number of halogens is 4. The highest BCUT2D eigenvalue weighted by Crippen LogP contribution is 2.32. The van der Waals surface area contributed by atoms with Gasteiger partial charge < -0.3 is 5.32 Å². The van der Waals surface area contributed by atoms with E-state index in [1.54, 1.807) is 39.8 Å². The molecule has 0 amide bonds. The fraction of sp³-hybridized carbons (Fsp3) is 0.520. The minimum atomic E-state index is -4.54. The molecule has 0 bridgehead atoms. The first-order valence-electron chi connectivity index (χ1n) is 11.5. The van der Waals surface area contributed by atoms with E-state index in [4.69, 9.17) is 11.6 Å². The summed E-state index contributed by atoms with van der Waals surface area (Å²) in [5.74, 6) is -3.87. The number of hydrogen-bond donors (Lipinski definition) is 1. The van der Waals surface area contributed by atoms with Crippen LogP contribution in [0.5, 0.6) is 0 Å². The molecule has 0 aliphatic carbocycles. The number of Topliss-reactive ketones (excluding diaryl/α,β-unsaturated/α-hetero) is 1. The van der Waals surface area contributed by atoms with Gasteiger partial charge in [0.1, 0.15) is 5.16 Å². The van der Waals surface area contributed by atoms with Crippen molar-refractivity contribution in [2.75, 3.05) is 5.75 Å². The lowest BCUT2D eigenvalue weighted by atomic mass is 9.90. The third kappa shape index (κ3) is 10.7. The van der Waals surface area contributed by atoms with Crippen LogP contribution in [0, 0.1) is 11.8 Å². The normalized spacial score (nSPS) is 14.7. The van der Waals surface area contributed by atoms with Crippen molar-refractivity contribution in [1.82, 2.24) is 10.3 Å². The molecule has 3 unspecified atom stereocenters. The molecule has 3 atom stereocenters. The SMILES string of the molecule is C=C(Cl)/N=C(/C)C(NC(=NCc1ccc(S(=O)CC)cn1)C(=O)C(C)C(C)C(F)(F)F)=C(C)C.CC. The van der Waals surface area contributed by atoms with Gasteiger partial charge >= 0.3 is 6.18 Å². The van der Waals surface area contributed by atoms with E-state index in [-0.39, 0.29) is 17.5 Å². The Balaban J connectivity index is 0.00000596. The van der Waals surface area contributed by atoms with E-state index in [1.807, 2.05) is 13.8 Å². The Bertz CT molecular complexity index is 1020. The monoisotopic (exact) mass is 548 g/mol. The first-order chi connectivity index (χ1) is 16.7. The number of amidine groups is 1. The summed E-state index contributed by atoms with van der Waals surface area (Å²) in [6.07, 6.45) is -3.09. The minimum Gasteiger partial charge on any atom is -0.336 e. The highest BCUT2D eigenvalue weighted by molar-refractivity contribution is 7.85. The molecule has 1 heterocycles. The van der Waals surface area contributed by atoms with E-state index in [9.17, 15) is 22.2 Å². The van der Waals surface area contributed by atoms with E-state index < -0.39 is 34.6 Å². The lowest BCUT2D eigenvalue weighted by molar-refractivity contribution is -0.183. The van der Waals surface area contributed by atoms with Gasteiger partial charge in [-0.1, -0.05) is 58.4 Å². The Labute approximate surface area is 219 Å². The smallest absolute Gasteiger partial charge is 0.336 e. The molecule has 11 heteroatoms. The molecule has 36 heavy (non-hydrogen) atoms. The standard InChI is InChI=1S/C23H30ClF3N4O2S.C2H6/c1-8-34(33)19-10-9-18(28-12-19)11-29-22(21(32)14(4)15(5)23(25,26)27)31-20(13(2)3)16(6)30-17(7)24;1-2/h9-10,12,14-15H,7-8,11H2,1-6H3,(H,29,31);1-2H3/b30-16-;. The van der Waals surface area contributed by atoms with Crippen LogP contribution in [0.1, 0.15) is 61.1 Å². The van der Waals surface area contributed by atoms with Crippen LogP contribution >= 0.6 is 11.6 Å². The quantitative estimate of drug-likeness (QED) is 0.203. The van der Waals surface area contributed by atoms with Gasteiger partial charge in [-0.2, -0.15) is 13.2 Å². The van der Waals surface area contributed by atoms with E-state index in [0.29, 0.717) is 33.3 Å². The maximum Gasteiger partial charge on any atom is 0.392 e. The minimum absolute atomic E-state index is 0.00989. The third-order valence-electron chi connectivity index (χ3n) is 5.03. The van der Waals surface area contributed by atoms with Crippen LogP contribution in [0.4, 0.5) is 13.2 Å². The molecular weight excluding hydrogens is 513 g/mol. The van der Waals surface area contributed by atoms with E-state index in [2.05, 4.69) is 26.9 Å². The second kappa shape index (κ2) is 15.7. The van der Waals surface area contributed by atoms with Crippen LogP contribution in [-0.2, 0) is 22.1 Å². The van der Waals surface area contributed by atoms with E-state index in [0.717, 1.165) is 6.92 Å². The number of aromatic nitrogens is 1. The van der Waals surface area contributed by atoms with Crippen molar-refractivity contribution in [2.24, 2.45) is 21.8 Å². The van der Waals surface area contributed by atoms with Gasteiger partial charge in [0, 0.05) is 17.9 Å². The summed E-state index contributed by atoms with van der Waals surface area (Å²) in [7, 11) is -1.17. The fourth-order valence-electron chi connectivity index (χ4n) is 2.80. The van der Waals surface area contributed by atoms with Crippen molar-refractivity contribution >= 4 is 39.7 Å². The fourth-order valence-corrected chi connectivity index (χ4v) is 3.65. The van der Waals surface area contributed by atoms with Crippen molar-refractivity contribution < 1.29 is 22.2 Å². The van der Waals surface area contributed by atoms with Crippen LogP contribution in [0.15, 0.2) is 56.2 Å². The number of hydrogen-bond acceptors (Lipinski definition) is 5. The van der Waals surface area contributed by atoms with Gasteiger partial charge in [-0.15, -0.1) is 0 Å². The summed E-state index contributed by atoms with van der Waals surface area (Å²) in [4.78, 5) is 26.2. The molecule has 202 valence electrons. The molecule has 6 nitrogen and oxygen atoms in total. The zero-order chi connectivity index (χ0) is 28.2. The van der Waals surface area contributed by atoms with Gasteiger partial charge in [-0.25, -0.2) is 4.99 Å². The number of ketones is 1. The molecule has 0 radical (unpaired) electrons. The number of nitrogens with one attached hydrogen (secondary N) is 1. The Kier molecular flexibility index (Phi) is 14.7. The summed E-state index contributed by atoms with van der Waals surface area (Å²) in [6, 6.07) is 3.26. The summed E-state index contributed by atoms with van der Waals surface area (Å²) in [5.41, 5.74) is 1.95. The molecule has 0 saturated carbocycles. The number of allylic oxidation sites excluding steroid dienone is 2. The van der Waals surface area contributed by atoms with Gasteiger partial charge in [0.2, 0.25) is 5.78 Å². The molecule has 0 fully saturated rings. The number of nitrogens with zero attached hydrogens (tertiary/aromatic N) is 3. The first-order valence-corrected chi connectivity index (χ1v) is 13.2. The molecule has 1 rings (SSSR count). The van der Waals surface area contributed by atoms with Gasteiger partial charge in [0.05, 0.1) is 45.3 Å². The van der Waals surface area contributed by atoms with Gasteiger partial charge in [0.15, 0.2) is 5.84 Å². The highest BCUT2D eigenvalue weighted by Gasteiger charge is 2.43. The highest BCUT2D eigenvalue weighted by atomic mass is 35.5. The van der Waals surface area contributed by atoms with Crippen molar-refractivity contribution in [1.29, 1.82) is 0 Å². The number of carbonyl (C=O) groups excluding carboxylic acids is 1. The molecule has 0 aliphatic rings. The first kappa shape index (κ1) is 33.7. The number of alkyl halides is 3. The molecule has 0 saturated heterocycles. The van der Waals surface area contributed by atoms with Crippen molar-refractivity contribution in [3.05, 3.63) is 47.0 Å². The summed E-state index contributed by atoms with van der Waals surface area (Å²) in [6.45, 7) is 16.5. The molecular formula is C25H36ClF3N4O2S. The average Bonchev–Trinajstić information content (AvgIpc) is 2.82. The van der Waals surface area contributed by atoms with E-state index in [1.165, 1.54) is 13.1 Å². The van der Waals surface area contributed by atoms with Crippen LogP contribution in [0.3, 0.4) is 0 Å². The lowest BCUT2D eigenvalue weighted by Crippen LogP contribution is -2.41. The maximum atomic E-state index is 13.3. The third-order valence-corrected chi connectivity index (χ3v) is 6.41. The molecule has 0 aromatic carbocycles. The Morgan fingerprint density at radius 2 is 1.81 bits per heavy atom. The predicted octanol–water partition coefficient (Wildman–Crippen LogP) is 6.59. The van der Waals surface area contributed by atoms with Crippen LogP contribution in [-0.4, -0.2) is 38.5 Å². The number of carbonyl (C=O) groups is 1. The van der Waals surface area contributed by atoms with Crippen molar-refractivity contribution in [3.8, 4) is 0 Å². The van der Waals surface area contributed by atoms with E-state index >= 15 is 0 Å². The second-order valence-electron chi connectivity index (χ2n) is 7.84. The molecule has 0 aliphatic heterocycles. The molecule has 1 aromatic heterocycles. The van der Waals surface area contributed by atoms with Crippen LogP contribution in [0.25, 0.3) is 0 Å². The Hall–Kier alpha value is -2.33. The summed E-state index contributed by atoms with van der Waals surface area (Å²) < 4.78 is 51.7. The molecule has 1 aromatic rings. The van der Waals surface area contributed by atoms with Crippen LogP contribution < -0.4 is 5.32 Å².